The second-order valence-electron chi connectivity index (χ2n) is 8.95. The van der Waals surface area contributed by atoms with Crippen molar-refractivity contribution in [1.82, 2.24) is 4.90 Å². The maximum Gasteiger partial charge on any atom is 0.228 e. The number of hydrogen-bond donors (Lipinski definition) is 0. The first kappa shape index (κ1) is 19.7. The van der Waals surface area contributed by atoms with Crippen LogP contribution in [0.4, 0.5) is 0 Å². The number of carbonyl (C=O) groups is 1. The molecule has 3 fully saturated rings. The molecule has 2 unspecified atom stereocenters. The van der Waals surface area contributed by atoms with E-state index < -0.39 is 5.60 Å². The van der Waals surface area contributed by atoms with E-state index in [1.54, 1.807) is 7.11 Å². The predicted octanol–water partition coefficient (Wildman–Crippen LogP) is 3.15. The molecule has 3 heterocycles. The second-order valence-corrected chi connectivity index (χ2v) is 8.95. The van der Waals surface area contributed by atoms with Gasteiger partial charge in [-0.15, -0.1) is 0 Å². The van der Waals surface area contributed by atoms with E-state index in [0.717, 1.165) is 55.0 Å². The Hall–Kier alpha value is -2.28. The lowest BCUT2D eigenvalue weighted by molar-refractivity contribution is -0.135. The van der Waals surface area contributed by atoms with Gasteiger partial charge < -0.3 is 23.9 Å². The summed E-state index contributed by atoms with van der Waals surface area (Å²) in [7, 11) is 1.67. The van der Waals surface area contributed by atoms with Gasteiger partial charge in [0.25, 0.3) is 0 Å². The Bertz CT molecular complexity index is 829. The van der Waals surface area contributed by atoms with Crippen molar-refractivity contribution < 1.29 is 23.8 Å². The smallest absolute Gasteiger partial charge is 0.228 e. The van der Waals surface area contributed by atoms with E-state index in [1.807, 2.05) is 23.1 Å². The van der Waals surface area contributed by atoms with Gasteiger partial charge in [-0.3, -0.25) is 4.79 Å². The van der Waals surface area contributed by atoms with E-state index in [-0.39, 0.29) is 17.9 Å². The molecule has 0 radical (unpaired) electrons. The summed E-state index contributed by atoms with van der Waals surface area (Å²) in [5, 5.41) is 4.42. The van der Waals surface area contributed by atoms with Crippen LogP contribution in [0.15, 0.2) is 23.4 Å². The number of amides is 1. The van der Waals surface area contributed by atoms with Crippen LogP contribution in [0.25, 0.3) is 0 Å². The number of benzene rings is 1. The maximum absolute atomic E-state index is 12.7. The van der Waals surface area contributed by atoms with Crippen molar-refractivity contribution in [2.24, 2.45) is 11.1 Å². The molecule has 1 saturated carbocycles. The zero-order valence-electron chi connectivity index (χ0n) is 17.6. The van der Waals surface area contributed by atoms with Crippen LogP contribution >= 0.6 is 0 Å². The van der Waals surface area contributed by atoms with Crippen LogP contribution in [0, 0.1) is 5.92 Å². The predicted molar refractivity (Wildman–Crippen MR) is 111 cm³/mol. The largest absolute Gasteiger partial charge is 0.493 e. The SMILES string of the molecule is COc1ccc(C2=NOC3(CCN(C(=O)C4CCOC4)C3)C2)cc1OC1CCCC1. The molecule has 30 heavy (non-hydrogen) atoms. The monoisotopic (exact) mass is 414 g/mol. The first-order chi connectivity index (χ1) is 14.7. The number of nitrogens with zero attached hydrogens (tertiary/aromatic N) is 2. The van der Waals surface area contributed by atoms with E-state index in [0.29, 0.717) is 26.2 Å². The summed E-state index contributed by atoms with van der Waals surface area (Å²) in [6.07, 6.45) is 7.22. The van der Waals surface area contributed by atoms with Crippen molar-refractivity contribution in [3.63, 3.8) is 0 Å². The van der Waals surface area contributed by atoms with Crippen molar-refractivity contribution in [3.05, 3.63) is 23.8 Å². The number of oxime groups is 1. The van der Waals surface area contributed by atoms with Crippen molar-refractivity contribution >= 4 is 11.6 Å². The van der Waals surface area contributed by atoms with Crippen LogP contribution in [-0.4, -0.2) is 61.6 Å². The first-order valence-corrected chi connectivity index (χ1v) is 11.1. The summed E-state index contributed by atoms with van der Waals surface area (Å²) in [5.41, 5.74) is 1.50. The highest BCUT2D eigenvalue weighted by Crippen LogP contribution is 2.38. The first-order valence-electron chi connectivity index (χ1n) is 11.1. The molecule has 0 bridgehead atoms. The molecule has 3 aliphatic heterocycles. The van der Waals surface area contributed by atoms with Crippen molar-refractivity contribution in [2.45, 2.75) is 56.7 Å². The number of ether oxygens (including phenoxy) is 3. The maximum atomic E-state index is 12.7. The zero-order valence-corrected chi connectivity index (χ0v) is 17.6. The molecule has 0 aromatic heterocycles. The third-order valence-electron chi connectivity index (χ3n) is 6.84. The number of likely N-dealkylation sites (tertiary alicyclic amines) is 1. The van der Waals surface area contributed by atoms with E-state index in [9.17, 15) is 4.79 Å². The Morgan fingerprint density at radius 1 is 1.23 bits per heavy atom. The van der Waals surface area contributed by atoms with Crippen LogP contribution in [0.2, 0.25) is 0 Å². The van der Waals surface area contributed by atoms with Crippen LogP contribution < -0.4 is 9.47 Å². The standard InChI is InChI=1S/C23H30N2O5/c1-27-20-7-6-16(12-21(20)29-18-4-2-3-5-18)19-13-23(30-24-19)9-10-25(15-23)22(26)17-8-11-28-14-17/h6-7,12,17-18H,2-5,8-11,13-15H2,1H3. The molecule has 1 amide bonds. The number of carbonyl (C=O) groups excluding carboxylic acids is 1. The van der Waals surface area contributed by atoms with E-state index in [1.165, 1.54) is 12.8 Å². The van der Waals surface area contributed by atoms with Gasteiger partial charge in [0.15, 0.2) is 17.1 Å². The summed E-state index contributed by atoms with van der Waals surface area (Å²) in [6, 6.07) is 5.97. The number of hydrogen-bond acceptors (Lipinski definition) is 6. The second kappa shape index (κ2) is 8.10. The lowest BCUT2D eigenvalue weighted by Gasteiger charge is -2.23. The average Bonchev–Trinajstić information content (AvgIpc) is 3.57. The highest BCUT2D eigenvalue weighted by Gasteiger charge is 2.47. The molecule has 5 rings (SSSR count). The lowest BCUT2D eigenvalue weighted by atomic mass is 9.93. The van der Waals surface area contributed by atoms with Crippen molar-refractivity contribution in [2.75, 3.05) is 33.4 Å². The number of methoxy groups -OCH3 is 1. The number of rotatable bonds is 5. The highest BCUT2D eigenvalue weighted by atomic mass is 16.7. The fourth-order valence-electron chi connectivity index (χ4n) is 5.05. The summed E-state index contributed by atoms with van der Waals surface area (Å²) in [4.78, 5) is 20.6. The van der Waals surface area contributed by atoms with Crippen molar-refractivity contribution in [3.8, 4) is 11.5 Å². The molecule has 1 spiro atoms. The fourth-order valence-corrected chi connectivity index (χ4v) is 5.05. The molecule has 2 atom stereocenters. The van der Waals surface area contributed by atoms with Gasteiger partial charge in [0.1, 0.15) is 0 Å². The molecule has 1 aromatic rings. The summed E-state index contributed by atoms with van der Waals surface area (Å²) in [6.45, 7) is 2.54. The normalized spacial score (nSPS) is 28.8. The van der Waals surface area contributed by atoms with Crippen LogP contribution in [0.1, 0.15) is 50.5 Å². The van der Waals surface area contributed by atoms with Crippen molar-refractivity contribution in [1.29, 1.82) is 0 Å². The Labute approximate surface area is 177 Å². The molecular weight excluding hydrogens is 384 g/mol. The minimum Gasteiger partial charge on any atom is -0.493 e. The van der Waals surface area contributed by atoms with Gasteiger partial charge in [0, 0.05) is 31.6 Å². The molecule has 2 saturated heterocycles. The van der Waals surface area contributed by atoms with Crippen LogP contribution in [0.5, 0.6) is 11.5 Å². The highest BCUT2D eigenvalue weighted by molar-refractivity contribution is 6.02. The quantitative estimate of drug-likeness (QED) is 0.740. The molecule has 1 aliphatic carbocycles. The Balaban J connectivity index is 1.27. The van der Waals surface area contributed by atoms with Gasteiger partial charge in [0.05, 0.1) is 38.0 Å². The minimum absolute atomic E-state index is 0.00109. The van der Waals surface area contributed by atoms with Gasteiger partial charge in [-0.1, -0.05) is 5.16 Å². The average molecular weight is 415 g/mol. The van der Waals surface area contributed by atoms with E-state index in [2.05, 4.69) is 5.16 Å². The molecule has 7 heteroatoms. The summed E-state index contributed by atoms with van der Waals surface area (Å²) in [5.74, 6) is 1.71. The topological polar surface area (TPSA) is 69.6 Å². The molecule has 4 aliphatic rings. The Morgan fingerprint density at radius 3 is 2.87 bits per heavy atom. The third-order valence-corrected chi connectivity index (χ3v) is 6.84. The van der Waals surface area contributed by atoms with Gasteiger partial charge >= 0.3 is 0 Å². The van der Waals surface area contributed by atoms with Gasteiger partial charge in [0.2, 0.25) is 5.91 Å². The van der Waals surface area contributed by atoms with Crippen LogP contribution in [0.3, 0.4) is 0 Å². The fraction of sp³-hybridized carbons (Fsp3) is 0.652. The molecule has 162 valence electrons. The van der Waals surface area contributed by atoms with E-state index in [4.69, 9.17) is 19.0 Å². The van der Waals surface area contributed by atoms with E-state index >= 15 is 0 Å². The van der Waals surface area contributed by atoms with Gasteiger partial charge in [-0.25, -0.2) is 0 Å². The molecule has 7 nitrogen and oxygen atoms in total. The zero-order chi connectivity index (χ0) is 20.6. The van der Waals surface area contributed by atoms with Crippen LogP contribution in [-0.2, 0) is 14.4 Å². The minimum atomic E-state index is -0.406. The lowest BCUT2D eigenvalue weighted by Crippen LogP contribution is -2.39. The summed E-state index contributed by atoms with van der Waals surface area (Å²) >= 11 is 0. The van der Waals surface area contributed by atoms with Gasteiger partial charge in [-0.2, -0.15) is 0 Å². The molecule has 0 N–H and O–H groups in total. The molecular formula is C23H30N2O5. The van der Waals surface area contributed by atoms with Gasteiger partial charge in [-0.05, 0) is 50.3 Å². The third kappa shape index (κ3) is 3.75. The Morgan fingerprint density at radius 2 is 2.10 bits per heavy atom. The Kier molecular flexibility index (Phi) is 5.31. The summed E-state index contributed by atoms with van der Waals surface area (Å²) < 4.78 is 17.1. The molecule has 1 aromatic carbocycles.